The van der Waals surface area contributed by atoms with Gasteiger partial charge in [-0.15, -0.1) is 0 Å². The fourth-order valence-corrected chi connectivity index (χ4v) is 2.89. The Labute approximate surface area is 157 Å². The maximum Gasteiger partial charge on any atom is 0.267 e. The number of benzene rings is 2. The molecule has 0 bridgehead atoms. The van der Waals surface area contributed by atoms with Crippen LogP contribution >= 0.6 is 11.6 Å². The highest BCUT2D eigenvalue weighted by molar-refractivity contribution is 6.39. The molecule has 0 spiro atoms. The molecule has 1 N–H and O–H groups in total. The molecule has 1 aliphatic heterocycles. The predicted molar refractivity (Wildman–Crippen MR) is 102 cm³/mol. The lowest BCUT2D eigenvalue weighted by atomic mass is 10.1. The highest BCUT2D eigenvalue weighted by Crippen LogP contribution is 2.17. The average molecular weight is 370 g/mol. The van der Waals surface area contributed by atoms with E-state index in [1.54, 1.807) is 12.1 Å². The largest absolute Gasteiger partial charge is 0.344 e. The van der Waals surface area contributed by atoms with Crippen molar-refractivity contribution >= 4 is 29.1 Å². The van der Waals surface area contributed by atoms with Crippen LogP contribution in [0.15, 0.2) is 59.7 Å². The van der Waals surface area contributed by atoms with Crippen LogP contribution in [0.4, 0.5) is 0 Å². The summed E-state index contributed by atoms with van der Waals surface area (Å²) in [6.45, 7) is 2.26. The van der Waals surface area contributed by atoms with E-state index in [1.165, 1.54) is 5.01 Å². The van der Waals surface area contributed by atoms with Crippen molar-refractivity contribution in [2.45, 2.75) is 32.4 Å². The number of hydrogen-bond donors (Lipinski definition) is 1. The Balaban J connectivity index is 1.68. The number of nitrogens with zero attached hydrogens (tertiary/aromatic N) is 2. The lowest BCUT2D eigenvalue weighted by Crippen LogP contribution is -2.39. The van der Waals surface area contributed by atoms with E-state index in [2.05, 4.69) is 10.4 Å². The van der Waals surface area contributed by atoms with Gasteiger partial charge in [0.2, 0.25) is 5.91 Å². The van der Waals surface area contributed by atoms with E-state index in [1.807, 2.05) is 49.4 Å². The minimum Gasteiger partial charge on any atom is -0.344 e. The number of hydrazone groups is 1. The van der Waals surface area contributed by atoms with E-state index in [-0.39, 0.29) is 24.3 Å². The fourth-order valence-electron chi connectivity index (χ4n) is 2.76. The van der Waals surface area contributed by atoms with E-state index in [9.17, 15) is 9.59 Å². The van der Waals surface area contributed by atoms with E-state index in [0.29, 0.717) is 23.7 Å². The number of amides is 2. The molecule has 1 heterocycles. The first kappa shape index (κ1) is 18.1. The summed E-state index contributed by atoms with van der Waals surface area (Å²) in [5.41, 5.74) is 2.30. The van der Waals surface area contributed by atoms with E-state index < -0.39 is 0 Å². The molecule has 0 fully saturated rings. The fraction of sp³-hybridized carbons (Fsp3) is 0.250. The Morgan fingerprint density at radius 2 is 1.85 bits per heavy atom. The van der Waals surface area contributed by atoms with Crippen molar-refractivity contribution in [3.8, 4) is 0 Å². The van der Waals surface area contributed by atoms with Gasteiger partial charge in [0.1, 0.15) is 5.71 Å². The van der Waals surface area contributed by atoms with Crippen molar-refractivity contribution in [3.05, 3.63) is 70.7 Å². The third-order valence-corrected chi connectivity index (χ3v) is 4.51. The molecular weight excluding hydrogens is 350 g/mol. The van der Waals surface area contributed by atoms with Gasteiger partial charge < -0.3 is 5.32 Å². The average Bonchev–Trinajstić information content (AvgIpc) is 2.65. The highest BCUT2D eigenvalue weighted by Gasteiger charge is 2.25. The normalized spacial score (nSPS) is 15.4. The summed E-state index contributed by atoms with van der Waals surface area (Å²) in [5.74, 6) is -0.325. The predicted octanol–water partition coefficient (Wildman–Crippen LogP) is 3.70. The number of nitrogens with one attached hydrogen (secondary N) is 1. The first-order valence-corrected chi connectivity index (χ1v) is 8.89. The van der Waals surface area contributed by atoms with Gasteiger partial charge >= 0.3 is 0 Å². The second-order valence-electron chi connectivity index (χ2n) is 6.23. The Morgan fingerprint density at radius 1 is 1.15 bits per heavy atom. The summed E-state index contributed by atoms with van der Waals surface area (Å²) in [6.07, 6.45) is 0.637. The van der Waals surface area contributed by atoms with Crippen LogP contribution < -0.4 is 5.32 Å². The van der Waals surface area contributed by atoms with Gasteiger partial charge in [-0.2, -0.15) is 5.10 Å². The van der Waals surface area contributed by atoms with Crippen LogP contribution in [0.3, 0.4) is 0 Å². The number of carbonyl (C=O) groups excluding carboxylic acids is 2. The van der Waals surface area contributed by atoms with Crippen molar-refractivity contribution in [2.75, 3.05) is 0 Å². The van der Waals surface area contributed by atoms with Crippen LogP contribution in [0.2, 0.25) is 5.02 Å². The molecule has 6 heteroatoms. The van der Waals surface area contributed by atoms with Crippen LogP contribution in [0.1, 0.15) is 36.9 Å². The van der Waals surface area contributed by atoms with Crippen molar-refractivity contribution in [2.24, 2.45) is 5.10 Å². The Bertz CT molecular complexity index is 819. The number of carbonyl (C=O) groups is 2. The second-order valence-corrected chi connectivity index (χ2v) is 6.67. The molecule has 0 saturated carbocycles. The van der Waals surface area contributed by atoms with Crippen molar-refractivity contribution in [1.82, 2.24) is 10.3 Å². The summed E-state index contributed by atoms with van der Waals surface area (Å²) in [7, 11) is 0. The van der Waals surface area contributed by atoms with Crippen LogP contribution in [-0.2, 0) is 16.1 Å². The lowest BCUT2D eigenvalue weighted by Gasteiger charge is -2.24. The quantitative estimate of drug-likeness (QED) is 0.873. The molecule has 134 valence electrons. The molecule has 1 unspecified atom stereocenters. The maximum absolute atomic E-state index is 12.5. The zero-order valence-corrected chi connectivity index (χ0v) is 15.2. The first-order chi connectivity index (χ1) is 12.5. The number of hydrogen-bond acceptors (Lipinski definition) is 3. The molecular formula is C20H20ClN3O2. The molecule has 26 heavy (non-hydrogen) atoms. The molecule has 2 amide bonds. The number of halogens is 1. The molecule has 5 nitrogen and oxygen atoms in total. The summed E-state index contributed by atoms with van der Waals surface area (Å²) >= 11 is 5.90. The molecule has 1 atom stereocenters. The SMILES string of the molecule is CC(NC(=O)C1=NN(Cc2ccccc2)C(=O)CC1)c1ccc(Cl)cc1. The van der Waals surface area contributed by atoms with Crippen LogP contribution in [-0.4, -0.2) is 22.5 Å². The van der Waals surface area contributed by atoms with Gasteiger partial charge in [0.15, 0.2) is 0 Å². The second kappa shape index (κ2) is 8.15. The van der Waals surface area contributed by atoms with Gasteiger partial charge in [0, 0.05) is 17.9 Å². The zero-order chi connectivity index (χ0) is 18.5. The Kier molecular flexibility index (Phi) is 5.68. The van der Waals surface area contributed by atoms with E-state index in [0.717, 1.165) is 11.1 Å². The van der Waals surface area contributed by atoms with Gasteiger partial charge in [-0.05, 0) is 30.2 Å². The van der Waals surface area contributed by atoms with E-state index >= 15 is 0 Å². The number of rotatable bonds is 5. The minimum atomic E-state index is -0.252. The lowest BCUT2D eigenvalue weighted by molar-refractivity contribution is -0.132. The molecule has 2 aromatic rings. The molecule has 3 rings (SSSR count). The van der Waals surface area contributed by atoms with Crippen molar-refractivity contribution in [3.63, 3.8) is 0 Å². The molecule has 0 aliphatic carbocycles. The smallest absolute Gasteiger partial charge is 0.267 e. The van der Waals surface area contributed by atoms with Gasteiger partial charge in [-0.1, -0.05) is 54.1 Å². The molecule has 1 aliphatic rings. The topological polar surface area (TPSA) is 61.8 Å². The van der Waals surface area contributed by atoms with Crippen molar-refractivity contribution < 1.29 is 9.59 Å². The maximum atomic E-state index is 12.5. The molecule has 0 aromatic heterocycles. The Morgan fingerprint density at radius 3 is 2.54 bits per heavy atom. The molecule has 0 saturated heterocycles. The summed E-state index contributed by atoms with van der Waals surface area (Å²) in [5, 5.41) is 9.25. The highest BCUT2D eigenvalue weighted by atomic mass is 35.5. The monoisotopic (exact) mass is 369 g/mol. The Hall–Kier alpha value is -2.66. The van der Waals surface area contributed by atoms with Gasteiger partial charge in [0.25, 0.3) is 5.91 Å². The third kappa shape index (κ3) is 4.49. The first-order valence-electron chi connectivity index (χ1n) is 8.51. The summed E-state index contributed by atoms with van der Waals surface area (Å²) in [4.78, 5) is 24.7. The summed E-state index contributed by atoms with van der Waals surface area (Å²) < 4.78 is 0. The third-order valence-electron chi connectivity index (χ3n) is 4.26. The van der Waals surface area contributed by atoms with Crippen LogP contribution in [0.5, 0.6) is 0 Å². The summed E-state index contributed by atoms with van der Waals surface area (Å²) in [6, 6.07) is 16.8. The zero-order valence-electron chi connectivity index (χ0n) is 14.5. The van der Waals surface area contributed by atoms with E-state index in [4.69, 9.17) is 11.6 Å². The minimum absolute atomic E-state index is 0.0730. The van der Waals surface area contributed by atoms with Crippen LogP contribution in [0.25, 0.3) is 0 Å². The van der Waals surface area contributed by atoms with Gasteiger partial charge in [-0.25, -0.2) is 5.01 Å². The van der Waals surface area contributed by atoms with Crippen molar-refractivity contribution in [1.29, 1.82) is 0 Å². The van der Waals surface area contributed by atoms with Gasteiger partial charge in [0.05, 0.1) is 12.6 Å². The van der Waals surface area contributed by atoms with Crippen LogP contribution in [0, 0.1) is 0 Å². The molecule has 0 radical (unpaired) electrons. The van der Waals surface area contributed by atoms with Gasteiger partial charge in [-0.3, -0.25) is 9.59 Å². The molecule has 2 aromatic carbocycles. The standard InChI is InChI=1S/C20H20ClN3O2/c1-14(16-7-9-17(21)10-8-16)22-20(26)18-11-12-19(25)24(23-18)13-15-5-3-2-4-6-15/h2-10,14H,11-13H2,1H3,(H,22,26).